The molecule has 1 aliphatic heterocycles. The Morgan fingerprint density at radius 3 is 1.60 bits per heavy atom. The van der Waals surface area contributed by atoms with Crippen molar-refractivity contribution in [1.82, 2.24) is 0 Å². The lowest BCUT2D eigenvalue weighted by atomic mass is 10.0. The van der Waals surface area contributed by atoms with Gasteiger partial charge in [-0.05, 0) is 11.1 Å². The number of ether oxygens (including phenoxy) is 2. The van der Waals surface area contributed by atoms with E-state index in [1.54, 1.807) is 6.07 Å². The van der Waals surface area contributed by atoms with E-state index in [-0.39, 0.29) is 12.1 Å². The van der Waals surface area contributed by atoms with Crippen LogP contribution >= 0.6 is 11.6 Å². The number of hydrogen-bond acceptors (Lipinski definition) is 4. The molecule has 1 radical (unpaired) electrons. The molecule has 0 aliphatic carbocycles. The summed E-state index contributed by atoms with van der Waals surface area (Å²) in [6.45, 7) is 20.4. The number of epoxide rings is 1. The lowest BCUT2D eigenvalue weighted by Crippen LogP contribution is -2.06. The number of carbonyl (C=O) groups is 1. The fraction of sp³-hybridized carbons (Fsp3) is 0.541. The van der Waals surface area contributed by atoms with Crippen molar-refractivity contribution >= 4 is 23.6 Å². The van der Waals surface area contributed by atoms with Crippen molar-refractivity contribution in [2.45, 2.75) is 116 Å². The van der Waals surface area contributed by atoms with Crippen molar-refractivity contribution in [3.8, 4) is 6.07 Å². The summed E-state index contributed by atoms with van der Waals surface area (Å²) in [6.07, 6.45) is 27.1. The SMILES string of the molecule is C=CC#N.C=CC(=O)OCC1CO1.C=CCl.C=Cc1ccccc1.[CH2]CCCCCCCCCCCCCCCCC. The fourth-order valence-corrected chi connectivity index (χ4v) is 3.54. The first-order valence-corrected chi connectivity index (χ1v) is 16.0. The second kappa shape index (κ2) is 40.5. The van der Waals surface area contributed by atoms with Crippen LogP contribution in [-0.2, 0) is 14.3 Å². The number of benzene rings is 1. The Balaban J connectivity index is -0.000000525. The van der Waals surface area contributed by atoms with Gasteiger partial charge in [0.25, 0.3) is 0 Å². The summed E-state index contributed by atoms with van der Waals surface area (Å²) in [6, 6.07) is 11.7. The zero-order chi connectivity index (χ0) is 31.9. The summed E-state index contributed by atoms with van der Waals surface area (Å²) in [5.74, 6) is -0.384. The minimum Gasteiger partial charge on any atom is -0.460 e. The molecular weight excluding hydrogens is 542 g/mol. The summed E-state index contributed by atoms with van der Waals surface area (Å²) < 4.78 is 9.42. The topological polar surface area (TPSA) is 62.6 Å². The quantitative estimate of drug-likeness (QED) is 0.0520. The third-order valence-corrected chi connectivity index (χ3v) is 5.96. The molecule has 0 bridgehead atoms. The van der Waals surface area contributed by atoms with Gasteiger partial charge in [-0.15, -0.1) is 0 Å². The number of nitriles is 1. The highest BCUT2D eigenvalue weighted by Crippen LogP contribution is 2.13. The van der Waals surface area contributed by atoms with Gasteiger partial charge in [0.1, 0.15) is 12.7 Å². The Hall–Kier alpha value is -2.61. The number of halogens is 1. The van der Waals surface area contributed by atoms with E-state index in [1.807, 2.05) is 36.4 Å². The van der Waals surface area contributed by atoms with E-state index in [9.17, 15) is 4.79 Å². The van der Waals surface area contributed by atoms with E-state index >= 15 is 0 Å². The molecule has 1 heterocycles. The highest BCUT2D eigenvalue weighted by atomic mass is 35.5. The van der Waals surface area contributed by atoms with E-state index in [1.165, 1.54) is 113 Å². The molecule has 237 valence electrons. The van der Waals surface area contributed by atoms with Gasteiger partial charge in [-0.3, -0.25) is 0 Å². The zero-order valence-corrected chi connectivity index (χ0v) is 27.3. The Morgan fingerprint density at radius 2 is 1.31 bits per heavy atom. The standard InChI is InChI=1S/C18H37.C8H8.C6H8O3.C3H3N.C2H3Cl/c1-3-5-7-9-11-13-15-17-18-16-14-12-10-8-6-4-2;1-2-8-6-4-3-5-7-8;1-2-6(7)9-4-5-3-8-5;1-2-3-4;1-2-3/h1,3-18H2,2H3;2-7H,1H2;2,5H,1,3-4H2;2H,1H2;2H,1H2. The van der Waals surface area contributed by atoms with Crippen LogP contribution in [-0.4, -0.2) is 25.3 Å². The molecule has 5 heteroatoms. The smallest absolute Gasteiger partial charge is 0.330 e. The molecule has 1 fully saturated rings. The maximum atomic E-state index is 10.3. The van der Waals surface area contributed by atoms with Gasteiger partial charge < -0.3 is 9.47 Å². The monoisotopic (exact) mass is 600 g/mol. The Kier molecular flexibility index (Phi) is 42.3. The molecule has 4 nitrogen and oxygen atoms in total. The van der Waals surface area contributed by atoms with Crippen molar-refractivity contribution in [2.24, 2.45) is 0 Å². The van der Waals surface area contributed by atoms with Gasteiger partial charge in [-0.1, -0.05) is 191 Å². The van der Waals surface area contributed by atoms with Crippen molar-refractivity contribution in [3.63, 3.8) is 0 Å². The predicted octanol–water partition coefficient (Wildman–Crippen LogP) is 11.6. The number of rotatable bonds is 19. The van der Waals surface area contributed by atoms with Crippen LogP contribution in [0.3, 0.4) is 0 Å². The van der Waals surface area contributed by atoms with Crippen LogP contribution in [0.2, 0.25) is 0 Å². The second-order valence-electron chi connectivity index (χ2n) is 9.70. The van der Waals surface area contributed by atoms with Gasteiger partial charge in [0.05, 0.1) is 12.7 Å². The molecule has 1 saturated heterocycles. The Morgan fingerprint density at radius 1 is 0.905 bits per heavy atom. The van der Waals surface area contributed by atoms with Crippen molar-refractivity contribution in [3.05, 3.63) is 86.8 Å². The van der Waals surface area contributed by atoms with Crippen LogP contribution < -0.4 is 0 Å². The average molecular weight is 601 g/mol. The summed E-state index contributed by atoms with van der Waals surface area (Å²) in [5.41, 5.74) is 2.40. The van der Waals surface area contributed by atoms with Crippen LogP contribution in [0, 0.1) is 18.3 Å². The molecule has 0 N–H and O–H groups in total. The van der Waals surface area contributed by atoms with Gasteiger partial charge in [0.15, 0.2) is 0 Å². The average Bonchev–Trinajstić information content (AvgIpc) is 3.86. The molecule has 1 aromatic rings. The van der Waals surface area contributed by atoms with Crippen LogP contribution in [0.15, 0.2) is 74.3 Å². The molecule has 42 heavy (non-hydrogen) atoms. The lowest BCUT2D eigenvalue weighted by molar-refractivity contribution is -0.138. The van der Waals surface area contributed by atoms with Crippen molar-refractivity contribution in [2.75, 3.05) is 13.2 Å². The summed E-state index contributed by atoms with van der Waals surface area (Å²) in [5, 5.41) is 7.51. The minimum atomic E-state index is -0.384. The van der Waals surface area contributed by atoms with E-state index in [0.717, 1.165) is 12.5 Å². The van der Waals surface area contributed by atoms with Crippen LogP contribution in [0.25, 0.3) is 6.08 Å². The molecule has 1 atom stereocenters. The highest BCUT2D eigenvalue weighted by Gasteiger charge is 2.23. The molecular formula is C37H59ClNO3. The first-order chi connectivity index (χ1) is 20.5. The highest BCUT2D eigenvalue weighted by molar-refractivity contribution is 6.25. The number of allylic oxidation sites excluding steroid dienone is 1. The largest absolute Gasteiger partial charge is 0.460 e. The maximum absolute atomic E-state index is 10.3. The van der Waals surface area contributed by atoms with Gasteiger partial charge in [0, 0.05) is 12.2 Å². The van der Waals surface area contributed by atoms with Crippen molar-refractivity contribution < 1.29 is 14.3 Å². The number of nitrogens with zero attached hydrogens (tertiary/aromatic N) is 1. The van der Waals surface area contributed by atoms with Gasteiger partial charge in [-0.2, -0.15) is 5.26 Å². The normalized spacial score (nSPS) is 11.9. The first-order valence-electron chi connectivity index (χ1n) is 15.6. The van der Waals surface area contributed by atoms with Crippen molar-refractivity contribution in [1.29, 1.82) is 5.26 Å². The molecule has 0 spiro atoms. The molecule has 1 aromatic carbocycles. The van der Waals surface area contributed by atoms with E-state index < -0.39 is 0 Å². The van der Waals surface area contributed by atoms with Crippen LogP contribution in [0.4, 0.5) is 0 Å². The van der Waals surface area contributed by atoms with Gasteiger partial charge in [-0.25, -0.2) is 4.79 Å². The Labute approximate surface area is 264 Å². The zero-order valence-electron chi connectivity index (χ0n) is 26.6. The second-order valence-corrected chi connectivity index (χ2v) is 10.0. The fourth-order valence-electron chi connectivity index (χ4n) is 3.54. The molecule has 0 amide bonds. The summed E-state index contributed by atoms with van der Waals surface area (Å²) >= 11 is 4.76. The van der Waals surface area contributed by atoms with E-state index in [0.29, 0.717) is 13.2 Å². The van der Waals surface area contributed by atoms with Gasteiger partial charge in [0.2, 0.25) is 0 Å². The first kappa shape index (κ1) is 43.8. The molecule has 0 saturated carbocycles. The van der Waals surface area contributed by atoms with Crippen LogP contribution in [0.5, 0.6) is 0 Å². The molecule has 0 aromatic heterocycles. The van der Waals surface area contributed by atoms with E-state index in [2.05, 4.69) is 44.9 Å². The number of carbonyl (C=O) groups excluding carboxylic acids is 1. The molecule has 1 aliphatic rings. The summed E-state index contributed by atoms with van der Waals surface area (Å²) in [7, 11) is 0. The maximum Gasteiger partial charge on any atom is 0.330 e. The summed E-state index contributed by atoms with van der Waals surface area (Å²) in [4.78, 5) is 10.3. The van der Waals surface area contributed by atoms with Gasteiger partial charge >= 0.3 is 5.97 Å². The van der Waals surface area contributed by atoms with Crippen LogP contribution in [0.1, 0.15) is 115 Å². The minimum absolute atomic E-state index is 0.147. The predicted molar refractivity (Wildman–Crippen MR) is 184 cm³/mol. The third-order valence-electron chi connectivity index (χ3n) is 5.96. The number of esters is 1. The number of unbranched alkanes of at least 4 members (excludes halogenated alkanes) is 15. The third kappa shape index (κ3) is 44.4. The van der Waals surface area contributed by atoms with E-state index in [4.69, 9.17) is 21.6 Å². The molecule has 2 rings (SSSR count). The Bertz CT molecular complexity index is 753. The molecule has 1 unspecified atom stereocenters. The lowest BCUT2D eigenvalue weighted by Gasteiger charge is -2.03. The number of hydrogen-bond donors (Lipinski definition) is 0.